The lowest BCUT2D eigenvalue weighted by Gasteiger charge is -2.26. The first-order chi connectivity index (χ1) is 14.8. The van der Waals surface area contributed by atoms with Gasteiger partial charge in [0.2, 0.25) is 0 Å². The molecule has 0 spiro atoms. The van der Waals surface area contributed by atoms with E-state index in [1.165, 1.54) is 0 Å². The number of aliphatic hydroxyl groups is 1. The standard InChI is InChI=1S/C24H27ClN2O4/c1-4-31-19-12-11-17(15-18(19)25)22(28)20-21(16-9-6-5-7-10-16)27(24(30)23(20)29)14-8-13-26(2)3/h5-7,9-12,15,21,28H,4,8,13-14H2,1-3H3/t21-/m1/s1. The highest BCUT2D eigenvalue weighted by molar-refractivity contribution is 6.46. The highest BCUT2D eigenvalue weighted by Crippen LogP contribution is 2.40. The van der Waals surface area contributed by atoms with Crippen LogP contribution in [0.3, 0.4) is 0 Å². The van der Waals surface area contributed by atoms with Gasteiger partial charge in [0.15, 0.2) is 0 Å². The molecule has 1 atom stereocenters. The fourth-order valence-corrected chi connectivity index (χ4v) is 3.96. The summed E-state index contributed by atoms with van der Waals surface area (Å²) in [6.45, 7) is 3.49. The summed E-state index contributed by atoms with van der Waals surface area (Å²) < 4.78 is 5.44. The number of likely N-dealkylation sites (tertiary alicyclic amines) is 1. The van der Waals surface area contributed by atoms with E-state index in [1.807, 2.05) is 56.3 Å². The third-order valence-electron chi connectivity index (χ3n) is 5.16. The molecular formula is C24H27ClN2O4. The maximum atomic E-state index is 13.0. The van der Waals surface area contributed by atoms with E-state index in [1.54, 1.807) is 23.1 Å². The molecule has 1 N–H and O–H groups in total. The number of Topliss-reactive ketones (excluding diaryl/α,β-unsaturated/α-hetero) is 1. The lowest BCUT2D eigenvalue weighted by atomic mass is 9.95. The smallest absolute Gasteiger partial charge is 0.295 e. The number of hydrogen-bond acceptors (Lipinski definition) is 5. The average molecular weight is 443 g/mol. The first kappa shape index (κ1) is 22.8. The van der Waals surface area contributed by atoms with Gasteiger partial charge in [-0.25, -0.2) is 0 Å². The van der Waals surface area contributed by atoms with Gasteiger partial charge >= 0.3 is 0 Å². The predicted octanol–water partition coefficient (Wildman–Crippen LogP) is 4.11. The Balaban J connectivity index is 2.06. The van der Waals surface area contributed by atoms with Gasteiger partial charge in [0.05, 0.1) is 23.2 Å². The summed E-state index contributed by atoms with van der Waals surface area (Å²) in [5.41, 5.74) is 1.20. The van der Waals surface area contributed by atoms with Crippen molar-refractivity contribution in [2.24, 2.45) is 0 Å². The quantitative estimate of drug-likeness (QED) is 0.378. The van der Waals surface area contributed by atoms with Crippen LogP contribution in [0.4, 0.5) is 0 Å². The van der Waals surface area contributed by atoms with E-state index in [4.69, 9.17) is 16.3 Å². The first-order valence-electron chi connectivity index (χ1n) is 10.3. The first-order valence-corrected chi connectivity index (χ1v) is 10.6. The summed E-state index contributed by atoms with van der Waals surface area (Å²) in [7, 11) is 3.91. The van der Waals surface area contributed by atoms with Gasteiger partial charge in [-0.05, 0) is 57.7 Å². The number of benzene rings is 2. The van der Waals surface area contributed by atoms with Crippen LogP contribution in [0.2, 0.25) is 5.02 Å². The van der Waals surface area contributed by atoms with Crippen LogP contribution in [0.15, 0.2) is 54.1 Å². The molecule has 164 valence electrons. The minimum Gasteiger partial charge on any atom is -0.507 e. The van der Waals surface area contributed by atoms with Crippen molar-refractivity contribution in [3.05, 3.63) is 70.3 Å². The molecule has 3 rings (SSSR count). The van der Waals surface area contributed by atoms with Gasteiger partial charge in [-0.15, -0.1) is 0 Å². The van der Waals surface area contributed by atoms with Crippen molar-refractivity contribution in [3.63, 3.8) is 0 Å². The number of halogens is 1. The monoisotopic (exact) mass is 442 g/mol. The second-order valence-electron chi connectivity index (χ2n) is 7.64. The van der Waals surface area contributed by atoms with E-state index < -0.39 is 17.7 Å². The Kier molecular flexibility index (Phi) is 7.36. The third-order valence-corrected chi connectivity index (χ3v) is 5.46. The van der Waals surface area contributed by atoms with Crippen LogP contribution in [-0.2, 0) is 9.59 Å². The van der Waals surface area contributed by atoms with E-state index >= 15 is 0 Å². The van der Waals surface area contributed by atoms with Crippen molar-refractivity contribution in [1.29, 1.82) is 0 Å². The summed E-state index contributed by atoms with van der Waals surface area (Å²) in [4.78, 5) is 29.4. The largest absolute Gasteiger partial charge is 0.507 e. The molecule has 0 saturated carbocycles. The van der Waals surface area contributed by atoms with E-state index in [0.29, 0.717) is 35.9 Å². The van der Waals surface area contributed by atoms with Crippen LogP contribution in [0.25, 0.3) is 5.76 Å². The SMILES string of the molecule is CCOc1ccc(C(O)=C2C(=O)C(=O)N(CCCN(C)C)[C@@H]2c2ccccc2)cc1Cl. The van der Waals surface area contributed by atoms with Crippen LogP contribution in [0, 0.1) is 0 Å². The fourth-order valence-electron chi connectivity index (χ4n) is 3.73. The molecule has 2 aromatic rings. The minimum absolute atomic E-state index is 0.0706. The maximum absolute atomic E-state index is 13.0. The Morgan fingerprint density at radius 2 is 1.87 bits per heavy atom. The summed E-state index contributed by atoms with van der Waals surface area (Å²) in [6, 6.07) is 13.4. The van der Waals surface area contributed by atoms with Crippen molar-refractivity contribution in [3.8, 4) is 5.75 Å². The summed E-state index contributed by atoms with van der Waals surface area (Å²) in [5.74, 6) is -1.05. The number of carbonyl (C=O) groups excluding carboxylic acids is 2. The van der Waals surface area contributed by atoms with Gasteiger partial charge in [-0.2, -0.15) is 0 Å². The van der Waals surface area contributed by atoms with Crippen LogP contribution >= 0.6 is 11.6 Å². The molecule has 6 nitrogen and oxygen atoms in total. The van der Waals surface area contributed by atoms with Crippen LogP contribution in [0.1, 0.15) is 30.5 Å². The minimum atomic E-state index is -0.693. The lowest BCUT2D eigenvalue weighted by molar-refractivity contribution is -0.139. The molecule has 1 saturated heterocycles. The zero-order valence-electron chi connectivity index (χ0n) is 18.0. The zero-order chi connectivity index (χ0) is 22.5. The number of amides is 1. The molecule has 0 unspecified atom stereocenters. The number of carbonyl (C=O) groups is 2. The lowest BCUT2D eigenvalue weighted by Crippen LogP contribution is -2.32. The zero-order valence-corrected chi connectivity index (χ0v) is 18.7. The normalized spacial score (nSPS) is 18.1. The third kappa shape index (κ3) is 4.92. The van der Waals surface area contributed by atoms with E-state index in [-0.39, 0.29) is 11.3 Å². The summed E-state index contributed by atoms with van der Waals surface area (Å²) in [6.07, 6.45) is 0.707. The molecule has 1 aliphatic heterocycles. The van der Waals surface area contributed by atoms with Crippen LogP contribution < -0.4 is 4.74 Å². The maximum Gasteiger partial charge on any atom is 0.295 e. The number of rotatable bonds is 8. The highest BCUT2D eigenvalue weighted by atomic mass is 35.5. The molecule has 0 aromatic heterocycles. The van der Waals surface area contributed by atoms with Crippen molar-refractivity contribution >= 4 is 29.1 Å². The Labute approximate surface area is 187 Å². The number of ether oxygens (including phenoxy) is 1. The fraction of sp³-hybridized carbons (Fsp3) is 0.333. The number of aliphatic hydroxyl groups excluding tert-OH is 1. The Hall–Kier alpha value is -2.83. The number of hydrogen-bond donors (Lipinski definition) is 1. The van der Waals surface area contributed by atoms with Crippen molar-refractivity contribution in [2.45, 2.75) is 19.4 Å². The van der Waals surface area contributed by atoms with Crippen molar-refractivity contribution < 1.29 is 19.4 Å². The van der Waals surface area contributed by atoms with E-state index in [0.717, 1.165) is 12.1 Å². The van der Waals surface area contributed by atoms with Gasteiger partial charge in [0, 0.05) is 12.1 Å². The molecule has 0 bridgehead atoms. The van der Waals surface area contributed by atoms with E-state index in [9.17, 15) is 14.7 Å². The molecule has 1 aliphatic rings. The molecule has 0 aliphatic carbocycles. The Morgan fingerprint density at radius 3 is 2.48 bits per heavy atom. The molecular weight excluding hydrogens is 416 g/mol. The number of nitrogens with zero attached hydrogens (tertiary/aromatic N) is 2. The number of ketones is 1. The van der Waals surface area contributed by atoms with Gasteiger partial charge in [0.25, 0.3) is 11.7 Å². The molecule has 1 heterocycles. The second kappa shape index (κ2) is 9.98. The second-order valence-corrected chi connectivity index (χ2v) is 8.05. The van der Waals surface area contributed by atoms with Gasteiger partial charge in [-0.3, -0.25) is 9.59 Å². The average Bonchev–Trinajstić information content (AvgIpc) is 3.00. The Morgan fingerprint density at radius 1 is 1.16 bits per heavy atom. The van der Waals surface area contributed by atoms with Gasteiger partial charge in [-0.1, -0.05) is 41.9 Å². The topological polar surface area (TPSA) is 70.1 Å². The predicted molar refractivity (Wildman–Crippen MR) is 121 cm³/mol. The van der Waals surface area contributed by atoms with Crippen molar-refractivity contribution in [1.82, 2.24) is 9.80 Å². The molecule has 0 radical (unpaired) electrons. The van der Waals surface area contributed by atoms with Gasteiger partial charge in [0.1, 0.15) is 11.5 Å². The molecule has 7 heteroatoms. The molecule has 2 aromatic carbocycles. The molecule has 31 heavy (non-hydrogen) atoms. The Bertz CT molecular complexity index is 988. The van der Waals surface area contributed by atoms with Crippen LogP contribution in [0.5, 0.6) is 5.75 Å². The van der Waals surface area contributed by atoms with Gasteiger partial charge < -0.3 is 19.6 Å². The van der Waals surface area contributed by atoms with Crippen LogP contribution in [-0.4, -0.2) is 60.4 Å². The highest BCUT2D eigenvalue weighted by Gasteiger charge is 2.45. The molecule has 1 amide bonds. The summed E-state index contributed by atoms with van der Waals surface area (Å²) in [5, 5.41) is 11.4. The molecule has 1 fully saturated rings. The van der Waals surface area contributed by atoms with E-state index in [2.05, 4.69) is 0 Å². The summed E-state index contributed by atoms with van der Waals surface area (Å²) >= 11 is 6.28. The van der Waals surface area contributed by atoms with Crippen molar-refractivity contribution in [2.75, 3.05) is 33.8 Å².